The summed E-state index contributed by atoms with van der Waals surface area (Å²) in [6.45, 7) is 1.93. The van der Waals surface area contributed by atoms with Crippen molar-refractivity contribution in [2.45, 2.75) is 0 Å². The van der Waals surface area contributed by atoms with Gasteiger partial charge in [-0.25, -0.2) is 0 Å². The molecule has 0 atom stereocenters. The van der Waals surface area contributed by atoms with E-state index in [1.807, 2.05) is 13.2 Å². The average Bonchev–Trinajstić information content (AvgIpc) is 2.17. The summed E-state index contributed by atoms with van der Waals surface area (Å²) >= 11 is 5.54. The molecule has 1 aliphatic rings. The van der Waals surface area contributed by atoms with E-state index in [1.54, 1.807) is 0 Å². The van der Waals surface area contributed by atoms with Crippen LogP contribution in [0.3, 0.4) is 0 Å². The Kier molecular flexibility index (Phi) is 2.22. The highest BCUT2D eigenvalue weighted by molar-refractivity contribution is 6.18. The third-order valence-electron chi connectivity index (χ3n) is 1.31. The van der Waals surface area contributed by atoms with Crippen LogP contribution in [-0.4, -0.2) is 35.9 Å². The molecule has 0 radical (unpaired) electrons. The highest BCUT2D eigenvalue weighted by Crippen LogP contribution is 2.02. The van der Waals surface area contributed by atoms with Gasteiger partial charge in [-0.3, -0.25) is 0 Å². The molecule has 0 saturated carbocycles. The maximum Gasteiger partial charge on any atom is 0.0891 e. The van der Waals surface area contributed by atoms with E-state index in [9.17, 15) is 0 Å². The van der Waals surface area contributed by atoms with Crippen LogP contribution in [0.25, 0.3) is 0 Å². The van der Waals surface area contributed by atoms with E-state index >= 15 is 0 Å². The first-order valence-corrected chi connectivity index (χ1v) is 3.55. The molecular weight excluding hydrogens is 136 g/mol. The Morgan fingerprint density at radius 2 is 2.33 bits per heavy atom. The molecule has 0 bridgehead atoms. The summed E-state index contributed by atoms with van der Waals surface area (Å²) in [6.07, 6.45) is 4.11. The van der Waals surface area contributed by atoms with E-state index < -0.39 is 0 Å². The molecule has 0 fully saturated rings. The van der Waals surface area contributed by atoms with Gasteiger partial charge in [0.2, 0.25) is 0 Å². The van der Waals surface area contributed by atoms with Crippen molar-refractivity contribution in [2.75, 3.05) is 26.1 Å². The Labute approximate surface area is 60.7 Å². The first kappa shape index (κ1) is 6.75. The molecule has 1 rings (SSSR count). The van der Waals surface area contributed by atoms with Crippen LogP contribution >= 0.6 is 11.6 Å². The van der Waals surface area contributed by atoms with Gasteiger partial charge in [-0.2, -0.15) is 0 Å². The molecule has 0 N–H and O–H groups in total. The minimum Gasteiger partial charge on any atom is -0.362 e. The Morgan fingerprint density at radius 3 is 2.78 bits per heavy atom. The zero-order valence-corrected chi connectivity index (χ0v) is 6.30. The predicted octanol–water partition coefficient (Wildman–Crippen LogP) is 0.901. The zero-order valence-electron chi connectivity index (χ0n) is 5.55. The fraction of sp³-hybridized carbons (Fsp3) is 0.667. The second kappa shape index (κ2) is 2.97. The predicted molar refractivity (Wildman–Crippen MR) is 39.2 cm³/mol. The zero-order chi connectivity index (χ0) is 6.69. The topological polar surface area (TPSA) is 6.48 Å². The lowest BCUT2D eigenvalue weighted by Gasteiger charge is -2.15. The smallest absolute Gasteiger partial charge is 0.0891 e. The standard InChI is InChI=1S/C6H11ClN2/c1-8-4-5-9(6-8)3-2-7/h4-5H,2-3,6H2,1H3. The van der Waals surface area contributed by atoms with Gasteiger partial charge in [-0.05, 0) is 0 Å². The van der Waals surface area contributed by atoms with Crippen molar-refractivity contribution < 1.29 is 0 Å². The van der Waals surface area contributed by atoms with Crippen LogP contribution in [0, 0.1) is 0 Å². The van der Waals surface area contributed by atoms with Gasteiger partial charge in [0, 0.05) is 31.9 Å². The van der Waals surface area contributed by atoms with Crippen LogP contribution in [0.15, 0.2) is 12.4 Å². The van der Waals surface area contributed by atoms with Gasteiger partial charge in [0.05, 0.1) is 6.67 Å². The molecule has 0 aliphatic carbocycles. The first-order valence-electron chi connectivity index (χ1n) is 3.01. The van der Waals surface area contributed by atoms with Crippen molar-refractivity contribution in [3.05, 3.63) is 12.4 Å². The van der Waals surface area contributed by atoms with Crippen molar-refractivity contribution in [2.24, 2.45) is 0 Å². The van der Waals surface area contributed by atoms with E-state index in [-0.39, 0.29) is 0 Å². The summed E-state index contributed by atoms with van der Waals surface area (Å²) in [5.41, 5.74) is 0. The van der Waals surface area contributed by atoms with E-state index in [1.165, 1.54) is 0 Å². The fourth-order valence-corrected chi connectivity index (χ4v) is 1.06. The minimum absolute atomic E-state index is 0.707. The van der Waals surface area contributed by atoms with Crippen molar-refractivity contribution in [3.63, 3.8) is 0 Å². The summed E-state index contributed by atoms with van der Waals surface area (Å²) in [5, 5.41) is 0. The van der Waals surface area contributed by atoms with Gasteiger partial charge < -0.3 is 9.80 Å². The van der Waals surface area contributed by atoms with Gasteiger partial charge in [0.15, 0.2) is 0 Å². The van der Waals surface area contributed by atoms with Crippen LogP contribution in [0.2, 0.25) is 0 Å². The number of halogens is 1. The molecule has 0 unspecified atom stereocenters. The summed E-state index contributed by atoms with van der Waals surface area (Å²) in [4.78, 5) is 4.29. The normalized spacial score (nSPS) is 17.6. The second-order valence-corrected chi connectivity index (χ2v) is 2.58. The van der Waals surface area contributed by atoms with Crippen LogP contribution in [0.5, 0.6) is 0 Å². The maximum absolute atomic E-state index is 5.54. The molecule has 0 saturated heterocycles. The molecule has 0 spiro atoms. The Bertz CT molecular complexity index is 114. The third kappa shape index (κ3) is 1.79. The highest BCUT2D eigenvalue weighted by Gasteiger charge is 2.05. The number of rotatable bonds is 2. The first-order chi connectivity index (χ1) is 4.33. The van der Waals surface area contributed by atoms with Crippen LogP contribution in [0.4, 0.5) is 0 Å². The quantitative estimate of drug-likeness (QED) is 0.535. The molecule has 1 aliphatic heterocycles. The van der Waals surface area contributed by atoms with Crippen molar-refractivity contribution in [1.82, 2.24) is 9.80 Å². The summed E-state index contributed by atoms with van der Waals surface area (Å²) in [7, 11) is 2.05. The molecule has 0 aromatic carbocycles. The third-order valence-corrected chi connectivity index (χ3v) is 1.48. The van der Waals surface area contributed by atoms with Crippen LogP contribution in [-0.2, 0) is 0 Å². The van der Waals surface area contributed by atoms with E-state index in [0.717, 1.165) is 13.2 Å². The highest BCUT2D eigenvalue weighted by atomic mass is 35.5. The second-order valence-electron chi connectivity index (χ2n) is 2.20. The number of hydrogen-bond donors (Lipinski definition) is 0. The van der Waals surface area contributed by atoms with E-state index in [4.69, 9.17) is 11.6 Å². The molecule has 0 aromatic rings. The maximum atomic E-state index is 5.54. The lowest BCUT2D eigenvalue weighted by molar-refractivity contribution is 0.309. The average molecular weight is 147 g/mol. The summed E-state index contributed by atoms with van der Waals surface area (Å²) in [6, 6.07) is 0. The van der Waals surface area contributed by atoms with E-state index in [2.05, 4.69) is 16.0 Å². The molecule has 3 heteroatoms. The van der Waals surface area contributed by atoms with Gasteiger partial charge in [-0.15, -0.1) is 11.6 Å². The van der Waals surface area contributed by atoms with Gasteiger partial charge in [0.1, 0.15) is 0 Å². The molecule has 2 nitrogen and oxygen atoms in total. The van der Waals surface area contributed by atoms with Crippen molar-refractivity contribution in [3.8, 4) is 0 Å². The van der Waals surface area contributed by atoms with E-state index in [0.29, 0.717) is 5.88 Å². The molecule has 52 valence electrons. The molecule has 1 heterocycles. The lowest BCUT2D eigenvalue weighted by Crippen LogP contribution is -2.23. The fourth-order valence-electron chi connectivity index (χ4n) is 0.843. The van der Waals surface area contributed by atoms with Crippen molar-refractivity contribution in [1.29, 1.82) is 0 Å². The summed E-state index contributed by atoms with van der Waals surface area (Å²) in [5.74, 6) is 0.707. The Balaban J connectivity index is 2.24. The molecule has 0 amide bonds. The Hall–Kier alpha value is -0.370. The SMILES string of the molecule is CN1C=CN(CCCl)C1. The largest absolute Gasteiger partial charge is 0.362 e. The molecule has 0 aromatic heterocycles. The van der Waals surface area contributed by atoms with Gasteiger partial charge in [-0.1, -0.05) is 0 Å². The number of alkyl halides is 1. The minimum atomic E-state index is 0.707. The molecular formula is C6H11ClN2. The van der Waals surface area contributed by atoms with Gasteiger partial charge >= 0.3 is 0 Å². The lowest BCUT2D eigenvalue weighted by atomic mass is 10.6. The molecule has 9 heavy (non-hydrogen) atoms. The van der Waals surface area contributed by atoms with Crippen LogP contribution in [0.1, 0.15) is 0 Å². The number of hydrogen-bond acceptors (Lipinski definition) is 2. The Morgan fingerprint density at radius 1 is 1.56 bits per heavy atom. The van der Waals surface area contributed by atoms with Crippen molar-refractivity contribution >= 4 is 11.6 Å². The van der Waals surface area contributed by atoms with Gasteiger partial charge in [0.25, 0.3) is 0 Å². The number of nitrogens with zero attached hydrogens (tertiary/aromatic N) is 2. The van der Waals surface area contributed by atoms with Crippen LogP contribution < -0.4 is 0 Å². The monoisotopic (exact) mass is 146 g/mol. The summed E-state index contributed by atoms with van der Waals surface area (Å²) < 4.78 is 0.